The van der Waals surface area contributed by atoms with Crippen molar-refractivity contribution in [3.05, 3.63) is 34.5 Å². The van der Waals surface area contributed by atoms with Crippen LogP contribution in [0.2, 0.25) is 0 Å². The number of hydrogen-bond donors (Lipinski definition) is 3. The van der Waals surface area contributed by atoms with Gasteiger partial charge in [0.25, 0.3) is 0 Å². The van der Waals surface area contributed by atoms with Gasteiger partial charge in [0.1, 0.15) is 5.00 Å². The van der Waals surface area contributed by atoms with Crippen LogP contribution in [0.3, 0.4) is 0 Å². The van der Waals surface area contributed by atoms with Gasteiger partial charge >= 0.3 is 6.03 Å². The summed E-state index contributed by atoms with van der Waals surface area (Å²) in [6.07, 6.45) is 10.3. The highest BCUT2D eigenvalue weighted by Crippen LogP contribution is 2.38. The first-order valence-corrected chi connectivity index (χ1v) is 14.0. The van der Waals surface area contributed by atoms with Gasteiger partial charge in [-0.3, -0.25) is 0 Å². The Kier molecular flexibility index (Phi) is 5.16. The first-order chi connectivity index (χ1) is 13.6. The molecule has 8 nitrogen and oxygen atoms in total. The number of hydrogen-bond acceptors (Lipinski definition) is 7. The van der Waals surface area contributed by atoms with Crippen LogP contribution in [-0.4, -0.2) is 31.9 Å². The van der Waals surface area contributed by atoms with E-state index < -0.39 is 25.7 Å². The van der Waals surface area contributed by atoms with Crippen LogP contribution in [-0.2, 0) is 45.3 Å². The summed E-state index contributed by atoms with van der Waals surface area (Å²) >= 11 is 0.893. The number of carbonyl (C=O) groups is 1. The van der Waals surface area contributed by atoms with Crippen LogP contribution < -0.4 is 10.0 Å². The van der Waals surface area contributed by atoms with Crippen molar-refractivity contribution in [1.82, 2.24) is 9.71 Å². The van der Waals surface area contributed by atoms with E-state index in [9.17, 15) is 13.2 Å². The zero-order valence-electron chi connectivity index (χ0n) is 16.2. The van der Waals surface area contributed by atoms with E-state index in [1.807, 2.05) is 0 Å². The van der Waals surface area contributed by atoms with Gasteiger partial charge in [0.2, 0.25) is 4.34 Å². The smallest absolute Gasteiger partial charge is 0.307 e. The lowest BCUT2D eigenvalue weighted by Crippen LogP contribution is -2.34. The fourth-order valence-corrected chi connectivity index (χ4v) is 6.93. The average Bonchev–Trinajstić information content (AvgIpc) is 3.31. The molecule has 3 N–H and O–H groups in total. The first kappa shape index (κ1) is 20.3. The van der Waals surface area contributed by atoms with Gasteiger partial charge in [-0.2, -0.15) is 4.36 Å². The van der Waals surface area contributed by atoms with Gasteiger partial charge in [-0.1, -0.05) is 17.4 Å². The number of benzene rings is 1. The van der Waals surface area contributed by atoms with Crippen molar-refractivity contribution in [2.75, 3.05) is 17.8 Å². The van der Waals surface area contributed by atoms with Crippen molar-refractivity contribution in [3.8, 4) is 0 Å². The van der Waals surface area contributed by atoms with E-state index in [1.54, 1.807) is 0 Å². The maximum absolute atomic E-state index is 12.8. The lowest BCUT2D eigenvalue weighted by Gasteiger charge is -2.16. The largest absolute Gasteiger partial charge is 0.332 e. The molecule has 0 aliphatic heterocycles. The molecular formula is C18H23N5O3S3. The van der Waals surface area contributed by atoms with Gasteiger partial charge in [0.05, 0.1) is 6.20 Å². The van der Waals surface area contributed by atoms with E-state index in [-0.39, 0.29) is 4.34 Å². The predicted molar refractivity (Wildman–Crippen MR) is 116 cm³/mol. The third-order valence-electron chi connectivity index (χ3n) is 4.98. The minimum atomic E-state index is -3.65. The molecule has 0 bridgehead atoms. The molecule has 4 rings (SSSR count). The van der Waals surface area contributed by atoms with Crippen LogP contribution in [0.15, 0.2) is 21.0 Å². The van der Waals surface area contributed by atoms with Crippen LogP contribution in [0.5, 0.6) is 0 Å². The number of aromatic nitrogens is 1. The lowest BCUT2D eigenvalue weighted by molar-refractivity contribution is 0.256. The molecule has 1 unspecified atom stereocenters. The summed E-state index contributed by atoms with van der Waals surface area (Å²) in [6.45, 7) is 0. The Labute approximate surface area is 174 Å². The number of urea groups is 1. The SMILES string of the molecule is CS(C)(=O)=Nc1cnc(S(=N)(=O)NC(=O)Nc2c3c(cc4c2CCC4)CCC3)s1. The summed E-state index contributed by atoms with van der Waals surface area (Å²) < 4.78 is 38.9. The average molecular weight is 454 g/mol. The Hall–Kier alpha value is -1.98. The summed E-state index contributed by atoms with van der Waals surface area (Å²) in [5.74, 6) is 0. The Balaban J connectivity index is 1.56. The normalized spacial score (nSPS) is 17.3. The number of nitrogens with zero attached hydrogens (tertiary/aromatic N) is 2. The highest BCUT2D eigenvalue weighted by Gasteiger charge is 2.26. The van der Waals surface area contributed by atoms with Crippen LogP contribution in [0, 0.1) is 4.78 Å². The minimum Gasteiger partial charge on any atom is -0.307 e. The number of anilines is 1. The van der Waals surface area contributed by atoms with E-state index in [0.29, 0.717) is 5.00 Å². The van der Waals surface area contributed by atoms with Gasteiger partial charge in [-0.25, -0.2) is 27.7 Å². The van der Waals surface area contributed by atoms with E-state index in [2.05, 4.69) is 25.5 Å². The zero-order chi connectivity index (χ0) is 20.8. The quantitative estimate of drug-likeness (QED) is 0.654. The molecule has 2 aliphatic rings. The molecule has 2 aliphatic carbocycles. The number of carbonyl (C=O) groups excluding carboxylic acids is 1. The van der Waals surface area contributed by atoms with E-state index >= 15 is 0 Å². The maximum atomic E-state index is 12.8. The second kappa shape index (κ2) is 7.37. The number of amides is 2. The van der Waals surface area contributed by atoms with Gasteiger partial charge in [0, 0.05) is 27.9 Å². The predicted octanol–water partition coefficient (Wildman–Crippen LogP) is 3.62. The third kappa shape index (κ3) is 4.31. The molecule has 1 aromatic carbocycles. The molecule has 1 atom stereocenters. The molecular weight excluding hydrogens is 430 g/mol. The van der Waals surface area contributed by atoms with Gasteiger partial charge < -0.3 is 5.32 Å². The number of aryl methyl sites for hydroxylation is 2. The molecule has 0 saturated heterocycles. The fraction of sp³-hybridized carbons (Fsp3) is 0.444. The highest BCUT2D eigenvalue weighted by molar-refractivity contribution is 7.93. The van der Waals surface area contributed by atoms with Gasteiger partial charge in [-0.05, 0) is 60.8 Å². The molecule has 11 heteroatoms. The van der Waals surface area contributed by atoms with Gasteiger partial charge in [-0.15, -0.1) is 0 Å². The second-order valence-corrected chi connectivity index (χ2v) is 13.1. The van der Waals surface area contributed by atoms with Crippen molar-refractivity contribution in [1.29, 1.82) is 4.78 Å². The summed E-state index contributed by atoms with van der Waals surface area (Å²) in [5, 5.41) is 3.19. The highest BCUT2D eigenvalue weighted by atomic mass is 32.2. The number of fused-ring (bicyclic) bond motifs is 2. The molecule has 1 aromatic heterocycles. The Morgan fingerprint density at radius 3 is 2.34 bits per heavy atom. The Bertz CT molecular complexity index is 1180. The van der Waals surface area contributed by atoms with Crippen molar-refractivity contribution in [2.45, 2.75) is 42.9 Å². The van der Waals surface area contributed by atoms with Crippen molar-refractivity contribution in [3.63, 3.8) is 0 Å². The topological polar surface area (TPSA) is 124 Å². The number of nitrogens with one attached hydrogen (secondary N) is 3. The molecule has 1 heterocycles. The Morgan fingerprint density at radius 2 is 1.76 bits per heavy atom. The van der Waals surface area contributed by atoms with Gasteiger partial charge in [0.15, 0.2) is 9.92 Å². The van der Waals surface area contributed by atoms with Crippen molar-refractivity contribution < 1.29 is 13.2 Å². The molecule has 156 valence electrons. The number of thiazole rings is 1. The maximum Gasteiger partial charge on any atom is 0.332 e. The van der Waals surface area contributed by atoms with Crippen LogP contribution in [0.4, 0.5) is 15.5 Å². The summed E-state index contributed by atoms with van der Waals surface area (Å²) in [6, 6.07) is 1.59. The number of rotatable bonds is 4. The third-order valence-corrected chi connectivity index (χ3v) is 8.44. The fourth-order valence-electron chi connectivity index (χ4n) is 3.92. The molecule has 2 aromatic rings. The first-order valence-electron chi connectivity index (χ1n) is 9.29. The molecule has 0 radical (unpaired) electrons. The van der Waals surface area contributed by atoms with E-state index in [0.717, 1.165) is 66.7 Å². The summed E-state index contributed by atoms with van der Waals surface area (Å²) in [5.41, 5.74) is 5.70. The molecule has 2 amide bonds. The molecule has 0 spiro atoms. The second-order valence-electron chi connectivity index (χ2n) is 7.58. The van der Waals surface area contributed by atoms with E-state index in [4.69, 9.17) is 4.78 Å². The van der Waals surface area contributed by atoms with Crippen molar-refractivity contribution >= 4 is 47.7 Å². The standard InChI is InChI=1S/C18H23N5O3S3/c1-28(2,25)22-15-10-20-18(27-15)29(19,26)23-17(24)21-16-13-7-3-5-11(13)9-12-6-4-8-14(12)16/h9-10H,3-8H2,1-2H3,(H3,19,21,23,24,26). The Morgan fingerprint density at radius 1 is 1.14 bits per heavy atom. The summed E-state index contributed by atoms with van der Waals surface area (Å²) in [7, 11) is -6.04. The van der Waals surface area contributed by atoms with E-state index in [1.165, 1.54) is 29.8 Å². The molecule has 0 fully saturated rings. The van der Waals surface area contributed by atoms with Crippen molar-refractivity contribution in [2.24, 2.45) is 4.36 Å². The summed E-state index contributed by atoms with van der Waals surface area (Å²) in [4.78, 5) is 16.6. The minimum absolute atomic E-state index is 0.0708. The van der Waals surface area contributed by atoms with Crippen LogP contribution in [0.25, 0.3) is 0 Å². The monoisotopic (exact) mass is 453 g/mol. The molecule has 29 heavy (non-hydrogen) atoms. The van der Waals surface area contributed by atoms with Crippen LogP contribution >= 0.6 is 11.3 Å². The lowest BCUT2D eigenvalue weighted by atomic mass is 9.99. The molecule has 0 saturated carbocycles. The zero-order valence-corrected chi connectivity index (χ0v) is 18.7. The van der Waals surface area contributed by atoms with Crippen LogP contribution in [0.1, 0.15) is 35.1 Å².